The van der Waals surface area contributed by atoms with Gasteiger partial charge in [-0.05, 0) is 39.5 Å². The van der Waals surface area contributed by atoms with Gasteiger partial charge in [0, 0.05) is 17.4 Å². The van der Waals surface area contributed by atoms with Gasteiger partial charge in [-0.1, -0.05) is 28.6 Å². The number of nitrogens with zero attached hydrogens (tertiary/aromatic N) is 6. The highest BCUT2D eigenvalue weighted by atomic mass is 35.5. The molecule has 3 rings (SSSR count). The highest BCUT2D eigenvalue weighted by Gasteiger charge is 2.24. The summed E-state index contributed by atoms with van der Waals surface area (Å²) in [5.74, 6) is -0.568. The molecule has 3 aromatic rings. The van der Waals surface area contributed by atoms with E-state index in [1.54, 1.807) is 42.7 Å². The maximum Gasteiger partial charge on any atom is 0.438 e. The Balaban J connectivity index is 2.10. The van der Waals surface area contributed by atoms with Gasteiger partial charge in [0.05, 0.1) is 11.6 Å². The maximum absolute atomic E-state index is 11.2. The lowest BCUT2D eigenvalue weighted by Gasteiger charge is -2.00. The van der Waals surface area contributed by atoms with Gasteiger partial charge >= 0.3 is 5.82 Å². The van der Waals surface area contributed by atoms with E-state index in [-0.39, 0.29) is 12.0 Å². The average molecular weight is 347 g/mol. The molecule has 0 fully saturated rings. The summed E-state index contributed by atoms with van der Waals surface area (Å²) >= 11 is 5.90. The van der Waals surface area contributed by atoms with Crippen LogP contribution in [0.2, 0.25) is 5.02 Å². The minimum atomic E-state index is -0.712. The summed E-state index contributed by atoms with van der Waals surface area (Å²) < 4.78 is 0. The molecule has 10 heteroatoms. The molecule has 1 N–H and O–H groups in total. The molecule has 2 heterocycles. The normalized spacial score (nSPS) is 11.6. The molecule has 9 nitrogen and oxygen atoms in total. The Morgan fingerprint density at radius 1 is 1.33 bits per heavy atom. The number of benzene rings is 1. The summed E-state index contributed by atoms with van der Waals surface area (Å²) in [6.07, 6.45) is 3.19. The lowest BCUT2D eigenvalue weighted by Crippen LogP contribution is -2.22. The first-order valence-electron chi connectivity index (χ1n) is 6.77. The third kappa shape index (κ3) is 3.10. The van der Waals surface area contributed by atoms with E-state index < -0.39 is 10.7 Å². The van der Waals surface area contributed by atoms with Gasteiger partial charge in [-0.2, -0.15) is 0 Å². The number of rotatable bonds is 4. The lowest BCUT2D eigenvalue weighted by molar-refractivity contribution is -0.391. The molecule has 0 radical (unpaired) electrons. The minimum absolute atomic E-state index is 0.108. The first kappa shape index (κ1) is 15.7. The standard InChI is InChI=1S/C14H11ClN6O3/c15-11-4-1-5-12(7-11)19-18-14(21(23)24)13(20(19)22)17-9-10-3-2-6-16-8-10/h1-8,22H,9H2. The molecule has 24 heavy (non-hydrogen) atoms. The molecule has 0 amide bonds. The summed E-state index contributed by atoms with van der Waals surface area (Å²) in [6.45, 7) is 0.108. The number of halogens is 1. The Hall–Kier alpha value is -3.20. The van der Waals surface area contributed by atoms with Crippen LogP contribution in [0.1, 0.15) is 5.56 Å². The van der Waals surface area contributed by atoms with Gasteiger partial charge < -0.3 is 15.3 Å². The van der Waals surface area contributed by atoms with Crippen LogP contribution >= 0.6 is 11.6 Å². The van der Waals surface area contributed by atoms with Crippen LogP contribution in [0.4, 0.5) is 5.82 Å². The Labute approximate surface area is 140 Å². The van der Waals surface area contributed by atoms with E-state index in [2.05, 4.69) is 15.1 Å². The quantitative estimate of drug-likeness (QED) is 0.441. The van der Waals surface area contributed by atoms with Gasteiger partial charge in [-0.25, -0.2) is 0 Å². The third-order valence-corrected chi connectivity index (χ3v) is 3.34. The predicted molar refractivity (Wildman–Crippen MR) is 83.9 cm³/mol. The average Bonchev–Trinajstić information content (AvgIpc) is 2.91. The summed E-state index contributed by atoms with van der Waals surface area (Å²) in [5.41, 5.74) is 0.821. The van der Waals surface area contributed by atoms with Gasteiger partial charge in [0.2, 0.25) is 0 Å². The van der Waals surface area contributed by atoms with Crippen molar-refractivity contribution in [2.45, 2.75) is 6.54 Å². The summed E-state index contributed by atoms with van der Waals surface area (Å²) in [7, 11) is 0. The van der Waals surface area contributed by atoms with E-state index in [0.717, 1.165) is 10.4 Å². The molecule has 1 aromatic carbocycles. The van der Waals surface area contributed by atoms with Gasteiger partial charge in [0.1, 0.15) is 5.69 Å². The molecule has 122 valence electrons. The number of pyridine rings is 1. The molecule has 0 aliphatic heterocycles. The second-order valence-corrected chi connectivity index (χ2v) is 5.18. The SMILES string of the molecule is O=[N+]([O-])c1nn(-c2cccc(Cl)c2)n(O)c1=NCc1cccnc1. The number of hydrogen-bond acceptors (Lipinski definition) is 6. The maximum atomic E-state index is 11.2. The summed E-state index contributed by atoms with van der Waals surface area (Å²) in [5, 5.41) is 25.6. The molecule has 0 aliphatic rings. The van der Waals surface area contributed by atoms with E-state index in [4.69, 9.17) is 11.6 Å². The summed E-state index contributed by atoms with van der Waals surface area (Å²) in [4.78, 5) is 20.0. The molecule has 2 aromatic heterocycles. The molecular weight excluding hydrogens is 336 g/mol. The van der Waals surface area contributed by atoms with Crippen molar-refractivity contribution in [1.29, 1.82) is 0 Å². The van der Waals surface area contributed by atoms with Gasteiger partial charge in [0.25, 0.3) is 5.49 Å². The molecule has 0 spiro atoms. The molecular formula is C14H11ClN6O3. The zero-order chi connectivity index (χ0) is 17.1. The fraction of sp³-hybridized carbons (Fsp3) is 0.0714. The second-order valence-electron chi connectivity index (χ2n) is 4.74. The fourth-order valence-corrected chi connectivity index (χ4v) is 2.22. The number of nitro groups is 1. The molecule has 0 unspecified atom stereocenters. The first-order chi connectivity index (χ1) is 11.6. The van der Waals surface area contributed by atoms with Crippen molar-refractivity contribution in [3.63, 3.8) is 0 Å². The van der Waals surface area contributed by atoms with Gasteiger partial charge in [0.15, 0.2) is 0 Å². The highest BCUT2D eigenvalue weighted by molar-refractivity contribution is 6.30. The van der Waals surface area contributed by atoms with Crippen molar-refractivity contribution in [2.75, 3.05) is 0 Å². The van der Waals surface area contributed by atoms with Crippen LogP contribution in [0.5, 0.6) is 0 Å². The monoisotopic (exact) mass is 346 g/mol. The summed E-state index contributed by atoms with van der Waals surface area (Å²) in [6, 6.07) is 9.87. The molecule has 0 aliphatic carbocycles. The molecule has 0 saturated heterocycles. The number of hydrogen-bond donors (Lipinski definition) is 1. The highest BCUT2D eigenvalue weighted by Crippen LogP contribution is 2.14. The van der Waals surface area contributed by atoms with E-state index in [1.165, 1.54) is 6.07 Å². The van der Waals surface area contributed by atoms with Crippen LogP contribution in [-0.4, -0.2) is 29.9 Å². The first-order valence-corrected chi connectivity index (χ1v) is 7.15. The number of aromatic nitrogens is 4. The molecule has 0 bridgehead atoms. The Kier molecular flexibility index (Phi) is 4.25. The van der Waals surface area contributed by atoms with E-state index in [1.807, 2.05) is 0 Å². The predicted octanol–water partition coefficient (Wildman–Crippen LogP) is 1.97. The van der Waals surface area contributed by atoms with Crippen molar-refractivity contribution in [3.05, 3.63) is 75.0 Å². The van der Waals surface area contributed by atoms with Crippen molar-refractivity contribution < 1.29 is 10.1 Å². The van der Waals surface area contributed by atoms with Gasteiger partial charge in [-0.15, -0.1) is 0 Å². The largest absolute Gasteiger partial charge is 0.438 e. The zero-order valence-electron chi connectivity index (χ0n) is 12.2. The topological polar surface area (TPSA) is 111 Å². The van der Waals surface area contributed by atoms with Crippen LogP contribution in [-0.2, 0) is 6.54 Å². The minimum Gasteiger partial charge on any atom is -0.409 e. The van der Waals surface area contributed by atoms with E-state index in [0.29, 0.717) is 15.6 Å². The van der Waals surface area contributed by atoms with E-state index >= 15 is 0 Å². The third-order valence-electron chi connectivity index (χ3n) is 3.10. The lowest BCUT2D eigenvalue weighted by atomic mass is 10.3. The van der Waals surface area contributed by atoms with Crippen LogP contribution in [0.25, 0.3) is 5.69 Å². The van der Waals surface area contributed by atoms with Crippen LogP contribution in [0.15, 0.2) is 53.8 Å². The molecule has 0 atom stereocenters. The van der Waals surface area contributed by atoms with Crippen molar-refractivity contribution in [3.8, 4) is 5.69 Å². The van der Waals surface area contributed by atoms with Gasteiger partial charge in [-0.3, -0.25) is 9.98 Å². The van der Waals surface area contributed by atoms with Crippen molar-refractivity contribution >= 4 is 17.4 Å². The zero-order valence-corrected chi connectivity index (χ0v) is 12.9. The fourth-order valence-electron chi connectivity index (χ4n) is 2.03. The van der Waals surface area contributed by atoms with Crippen LogP contribution in [0.3, 0.4) is 0 Å². The Morgan fingerprint density at radius 3 is 2.83 bits per heavy atom. The Morgan fingerprint density at radius 2 is 2.17 bits per heavy atom. The van der Waals surface area contributed by atoms with E-state index in [9.17, 15) is 15.3 Å². The van der Waals surface area contributed by atoms with Crippen molar-refractivity contribution in [2.24, 2.45) is 4.99 Å². The van der Waals surface area contributed by atoms with Crippen molar-refractivity contribution in [1.82, 2.24) is 19.7 Å². The van der Waals surface area contributed by atoms with Crippen LogP contribution in [0, 0.1) is 10.1 Å². The second kappa shape index (κ2) is 6.50. The molecule has 0 saturated carbocycles. The van der Waals surface area contributed by atoms with Crippen LogP contribution < -0.4 is 5.49 Å². The Bertz CT molecular complexity index is 951. The smallest absolute Gasteiger partial charge is 0.409 e.